The van der Waals surface area contributed by atoms with Crippen LogP contribution in [-0.2, 0) is 6.54 Å². The quantitative estimate of drug-likeness (QED) is 0.860. The third-order valence-electron chi connectivity index (χ3n) is 2.71. The first kappa shape index (κ1) is 13.5. The van der Waals surface area contributed by atoms with E-state index in [2.05, 4.69) is 28.7 Å². The maximum Gasteiger partial charge on any atom is 0.207 e. The van der Waals surface area contributed by atoms with E-state index >= 15 is 0 Å². The molecule has 1 heterocycles. The summed E-state index contributed by atoms with van der Waals surface area (Å²) in [7, 11) is 0. The van der Waals surface area contributed by atoms with Crippen LogP contribution in [0, 0.1) is 5.92 Å². The molecule has 1 N–H and O–H groups in total. The van der Waals surface area contributed by atoms with Crippen molar-refractivity contribution in [3.05, 3.63) is 36.7 Å². The predicted molar refractivity (Wildman–Crippen MR) is 78.0 cm³/mol. The molecule has 0 radical (unpaired) electrons. The van der Waals surface area contributed by atoms with Gasteiger partial charge in [0.15, 0.2) is 0 Å². The van der Waals surface area contributed by atoms with Gasteiger partial charge in [-0.05, 0) is 25.0 Å². The number of hydrogen-bond acceptors (Lipinski definition) is 3. The molecule has 4 nitrogen and oxygen atoms in total. The number of rotatable bonds is 6. The standard InChI is InChI=1S/C15H21N3O/c1-4-19-14-8-6-5-7-13(14)17-15-16-9-10-18(15)11-12(2)3/h5-10,12H,4,11H2,1-3H3,(H,16,17). The third kappa shape index (κ3) is 3.50. The lowest BCUT2D eigenvalue weighted by atomic mass is 10.2. The summed E-state index contributed by atoms with van der Waals surface area (Å²) in [6.45, 7) is 7.96. The number of imidazole rings is 1. The minimum atomic E-state index is 0.580. The van der Waals surface area contributed by atoms with E-state index in [9.17, 15) is 0 Å². The van der Waals surface area contributed by atoms with Crippen LogP contribution in [0.15, 0.2) is 36.7 Å². The van der Waals surface area contributed by atoms with E-state index in [0.29, 0.717) is 12.5 Å². The van der Waals surface area contributed by atoms with Gasteiger partial charge < -0.3 is 14.6 Å². The van der Waals surface area contributed by atoms with Crippen molar-refractivity contribution in [2.24, 2.45) is 5.92 Å². The zero-order valence-electron chi connectivity index (χ0n) is 11.8. The molecular formula is C15H21N3O. The van der Waals surface area contributed by atoms with Crippen molar-refractivity contribution in [3.63, 3.8) is 0 Å². The summed E-state index contributed by atoms with van der Waals surface area (Å²) in [5, 5.41) is 3.34. The molecule has 0 amide bonds. The lowest BCUT2D eigenvalue weighted by molar-refractivity contribution is 0.342. The third-order valence-corrected chi connectivity index (χ3v) is 2.71. The van der Waals surface area contributed by atoms with Crippen LogP contribution in [-0.4, -0.2) is 16.2 Å². The SMILES string of the molecule is CCOc1ccccc1Nc1nccn1CC(C)C. The van der Waals surface area contributed by atoms with Crippen molar-refractivity contribution in [3.8, 4) is 5.75 Å². The van der Waals surface area contributed by atoms with Gasteiger partial charge >= 0.3 is 0 Å². The van der Waals surface area contributed by atoms with Crippen LogP contribution in [0.1, 0.15) is 20.8 Å². The summed E-state index contributed by atoms with van der Waals surface area (Å²) in [5.41, 5.74) is 0.945. The lowest BCUT2D eigenvalue weighted by Crippen LogP contribution is -2.08. The van der Waals surface area contributed by atoms with Gasteiger partial charge in [-0.1, -0.05) is 26.0 Å². The molecule has 0 saturated carbocycles. The van der Waals surface area contributed by atoms with Crippen molar-refractivity contribution < 1.29 is 4.74 Å². The molecule has 0 spiro atoms. The minimum Gasteiger partial charge on any atom is -0.492 e. The Balaban J connectivity index is 2.19. The second-order valence-electron chi connectivity index (χ2n) is 4.85. The van der Waals surface area contributed by atoms with E-state index in [4.69, 9.17) is 4.74 Å². The van der Waals surface area contributed by atoms with E-state index in [-0.39, 0.29) is 0 Å². The minimum absolute atomic E-state index is 0.580. The normalized spacial score (nSPS) is 10.7. The summed E-state index contributed by atoms with van der Waals surface area (Å²) in [5.74, 6) is 2.28. The van der Waals surface area contributed by atoms with Gasteiger partial charge in [0.1, 0.15) is 5.75 Å². The predicted octanol–water partition coefficient (Wildman–Crippen LogP) is 3.68. The Morgan fingerprint density at radius 3 is 2.84 bits per heavy atom. The molecule has 2 rings (SSSR count). The molecule has 0 saturated heterocycles. The van der Waals surface area contributed by atoms with Crippen molar-refractivity contribution in [1.82, 2.24) is 9.55 Å². The number of ether oxygens (including phenoxy) is 1. The molecule has 0 aliphatic carbocycles. The first-order valence-electron chi connectivity index (χ1n) is 6.70. The number of anilines is 2. The van der Waals surface area contributed by atoms with Crippen LogP contribution in [0.5, 0.6) is 5.75 Å². The molecule has 1 aromatic heterocycles. The van der Waals surface area contributed by atoms with Gasteiger partial charge in [0.2, 0.25) is 5.95 Å². The first-order valence-corrected chi connectivity index (χ1v) is 6.70. The second kappa shape index (κ2) is 6.27. The van der Waals surface area contributed by atoms with Crippen molar-refractivity contribution >= 4 is 11.6 Å². The summed E-state index contributed by atoms with van der Waals surface area (Å²) < 4.78 is 7.73. The highest BCUT2D eigenvalue weighted by Gasteiger charge is 2.08. The van der Waals surface area contributed by atoms with E-state index in [1.54, 1.807) is 0 Å². The van der Waals surface area contributed by atoms with Gasteiger partial charge in [0, 0.05) is 18.9 Å². The Hall–Kier alpha value is -1.97. The average Bonchev–Trinajstić information content (AvgIpc) is 2.79. The highest BCUT2D eigenvalue weighted by molar-refractivity contribution is 5.62. The van der Waals surface area contributed by atoms with Crippen LogP contribution in [0.4, 0.5) is 11.6 Å². The molecule has 4 heteroatoms. The molecule has 1 aromatic carbocycles. The molecule has 0 aliphatic heterocycles. The maximum atomic E-state index is 5.61. The zero-order chi connectivity index (χ0) is 13.7. The fourth-order valence-electron chi connectivity index (χ4n) is 1.95. The fourth-order valence-corrected chi connectivity index (χ4v) is 1.95. The molecule has 19 heavy (non-hydrogen) atoms. The number of para-hydroxylation sites is 2. The second-order valence-corrected chi connectivity index (χ2v) is 4.85. The molecule has 0 unspecified atom stereocenters. The topological polar surface area (TPSA) is 39.1 Å². The number of nitrogens with one attached hydrogen (secondary N) is 1. The van der Waals surface area contributed by atoms with E-state index in [1.807, 2.05) is 43.6 Å². The van der Waals surface area contributed by atoms with Gasteiger partial charge in [0.25, 0.3) is 0 Å². The van der Waals surface area contributed by atoms with E-state index < -0.39 is 0 Å². The molecule has 0 fully saturated rings. The van der Waals surface area contributed by atoms with Gasteiger partial charge in [-0.25, -0.2) is 4.98 Å². The molecule has 2 aromatic rings. The Morgan fingerprint density at radius 2 is 2.11 bits per heavy atom. The van der Waals surface area contributed by atoms with Crippen LogP contribution >= 0.6 is 0 Å². The Morgan fingerprint density at radius 1 is 1.32 bits per heavy atom. The maximum absolute atomic E-state index is 5.61. The number of aromatic nitrogens is 2. The Labute approximate surface area is 114 Å². The smallest absolute Gasteiger partial charge is 0.207 e. The highest BCUT2D eigenvalue weighted by atomic mass is 16.5. The molecule has 102 valence electrons. The van der Waals surface area contributed by atoms with Crippen molar-refractivity contribution in [2.45, 2.75) is 27.3 Å². The van der Waals surface area contributed by atoms with Crippen molar-refractivity contribution in [1.29, 1.82) is 0 Å². The largest absolute Gasteiger partial charge is 0.492 e. The number of hydrogen-bond donors (Lipinski definition) is 1. The number of benzene rings is 1. The first-order chi connectivity index (χ1) is 9.20. The average molecular weight is 259 g/mol. The van der Waals surface area contributed by atoms with Gasteiger partial charge in [0.05, 0.1) is 12.3 Å². The summed E-state index contributed by atoms with van der Waals surface area (Å²) >= 11 is 0. The monoisotopic (exact) mass is 259 g/mol. The highest BCUT2D eigenvalue weighted by Crippen LogP contribution is 2.26. The zero-order valence-corrected chi connectivity index (χ0v) is 11.8. The molecule has 0 aliphatic rings. The molecule has 0 bridgehead atoms. The van der Waals surface area contributed by atoms with Gasteiger partial charge in [-0.15, -0.1) is 0 Å². The lowest BCUT2D eigenvalue weighted by Gasteiger charge is -2.14. The Bertz CT molecular complexity index is 520. The summed E-state index contributed by atoms with van der Waals surface area (Å²) in [6.07, 6.45) is 3.81. The fraction of sp³-hybridized carbons (Fsp3) is 0.400. The Kier molecular flexibility index (Phi) is 4.44. The van der Waals surface area contributed by atoms with Crippen molar-refractivity contribution in [2.75, 3.05) is 11.9 Å². The van der Waals surface area contributed by atoms with Crippen LogP contribution in [0.25, 0.3) is 0 Å². The van der Waals surface area contributed by atoms with Crippen LogP contribution in [0.2, 0.25) is 0 Å². The van der Waals surface area contributed by atoms with Gasteiger partial charge in [-0.3, -0.25) is 0 Å². The van der Waals surface area contributed by atoms with Crippen LogP contribution < -0.4 is 10.1 Å². The molecule has 0 atom stereocenters. The van der Waals surface area contributed by atoms with Gasteiger partial charge in [-0.2, -0.15) is 0 Å². The van der Waals surface area contributed by atoms with E-state index in [0.717, 1.165) is 23.9 Å². The summed E-state index contributed by atoms with van der Waals surface area (Å²) in [6, 6.07) is 7.91. The molecular weight excluding hydrogens is 238 g/mol. The number of nitrogens with zero attached hydrogens (tertiary/aromatic N) is 2. The van der Waals surface area contributed by atoms with Crippen LogP contribution in [0.3, 0.4) is 0 Å². The summed E-state index contributed by atoms with van der Waals surface area (Å²) in [4.78, 5) is 4.36. The van der Waals surface area contributed by atoms with E-state index in [1.165, 1.54) is 0 Å².